The maximum absolute atomic E-state index is 13.5. The van der Waals surface area contributed by atoms with Crippen LogP contribution >= 0.6 is 0 Å². The molecule has 4 amide bonds. The number of nitrogens with one attached hydrogen (secondary N) is 1. The van der Waals surface area contributed by atoms with Gasteiger partial charge in [0.05, 0.1) is 11.5 Å². The first-order valence-electron chi connectivity index (χ1n) is 10.9. The Bertz CT molecular complexity index is 934. The highest BCUT2D eigenvalue weighted by Crippen LogP contribution is 2.34. The molecular formula is C22H31N3O5S. The summed E-state index contributed by atoms with van der Waals surface area (Å²) in [6, 6.07) is 8.11. The highest BCUT2D eigenvalue weighted by molar-refractivity contribution is 7.91. The van der Waals surface area contributed by atoms with Gasteiger partial charge in [-0.25, -0.2) is 13.2 Å². The third-order valence-electron chi connectivity index (χ3n) is 6.08. The second-order valence-corrected chi connectivity index (χ2v) is 10.6. The van der Waals surface area contributed by atoms with Gasteiger partial charge in [0, 0.05) is 12.6 Å². The zero-order valence-electron chi connectivity index (χ0n) is 18.2. The van der Waals surface area contributed by atoms with Crippen LogP contribution in [0.5, 0.6) is 0 Å². The van der Waals surface area contributed by atoms with E-state index in [9.17, 15) is 22.8 Å². The van der Waals surface area contributed by atoms with Crippen molar-refractivity contribution in [3.8, 4) is 0 Å². The largest absolute Gasteiger partial charge is 0.337 e. The van der Waals surface area contributed by atoms with E-state index in [4.69, 9.17) is 0 Å². The second-order valence-electron chi connectivity index (χ2n) is 8.34. The van der Waals surface area contributed by atoms with E-state index in [0.29, 0.717) is 31.4 Å². The number of hydrogen-bond acceptors (Lipinski definition) is 5. The molecule has 3 rings (SSSR count). The summed E-state index contributed by atoms with van der Waals surface area (Å²) in [5.41, 5.74) is -0.481. The molecule has 2 atom stereocenters. The lowest BCUT2D eigenvalue weighted by atomic mass is 9.85. The summed E-state index contributed by atoms with van der Waals surface area (Å²) in [6.07, 6.45) is 3.09. The van der Waals surface area contributed by atoms with Crippen LogP contribution in [0.1, 0.15) is 51.5 Å². The molecule has 0 aromatic heterocycles. The summed E-state index contributed by atoms with van der Waals surface area (Å²) in [7, 11) is -3.16. The number of benzene rings is 1. The second kappa shape index (κ2) is 9.38. The van der Waals surface area contributed by atoms with Gasteiger partial charge in [0.25, 0.3) is 5.91 Å². The molecule has 2 aliphatic heterocycles. The third kappa shape index (κ3) is 4.76. The summed E-state index contributed by atoms with van der Waals surface area (Å²) in [5, 5.41) is 2.85. The SMILES string of the molecule is CCCCC1(c2ccccc2)NC(=O)N(CC(=O)N(CCC)C2CCS(=O)(=O)C2)C1=O. The summed E-state index contributed by atoms with van der Waals surface area (Å²) in [5.74, 6) is -0.834. The smallest absolute Gasteiger partial charge is 0.325 e. The fourth-order valence-electron chi connectivity index (χ4n) is 4.44. The Labute approximate surface area is 183 Å². The molecular weight excluding hydrogens is 418 g/mol. The highest BCUT2D eigenvalue weighted by atomic mass is 32.2. The van der Waals surface area contributed by atoms with Gasteiger partial charge >= 0.3 is 6.03 Å². The summed E-state index contributed by atoms with van der Waals surface area (Å²) >= 11 is 0. The van der Waals surface area contributed by atoms with Crippen LogP contribution in [0.15, 0.2) is 30.3 Å². The van der Waals surface area contributed by atoms with Crippen molar-refractivity contribution in [1.82, 2.24) is 15.1 Å². The Morgan fingerprint density at radius 2 is 1.90 bits per heavy atom. The number of urea groups is 1. The average Bonchev–Trinajstić information content (AvgIpc) is 3.22. The van der Waals surface area contributed by atoms with E-state index in [1.54, 1.807) is 0 Å². The summed E-state index contributed by atoms with van der Waals surface area (Å²) < 4.78 is 23.8. The van der Waals surface area contributed by atoms with E-state index < -0.39 is 39.3 Å². The number of carbonyl (C=O) groups excluding carboxylic acids is 3. The number of unbranched alkanes of at least 4 members (excludes halogenated alkanes) is 1. The van der Waals surface area contributed by atoms with Crippen LogP contribution in [-0.2, 0) is 25.0 Å². The van der Waals surface area contributed by atoms with Gasteiger partial charge in [0.2, 0.25) is 5.91 Å². The average molecular weight is 450 g/mol. The standard InChI is InChI=1S/C22H31N3O5S/c1-3-5-12-22(17-9-7-6-8-10-17)20(27)25(21(28)23-22)15-19(26)24(13-4-2)18-11-14-31(29,30)16-18/h6-10,18H,3-5,11-16H2,1-2H3,(H,23,28). The van der Waals surface area contributed by atoms with Crippen molar-refractivity contribution in [3.05, 3.63) is 35.9 Å². The van der Waals surface area contributed by atoms with Gasteiger partial charge in [0.15, 0.2) is 9.84 Å². The van der Waals surface area contributed by atoms with E-state index in [0.717, 1.165) is 17.7 Å². The Kier molecular flexibility index (Phi) is 7.03. The Hall–Kier alpha value is -2.42. The number of sulfone groups is 1. The molecule has 2 fully saturated rings. The molecule has 2 saturated heterocycles. The van der Waals surface area contributed by atoms with Crippen molar-refractivity contribution in [2.75, 3.05) is 24.6 Å². The number of amides is 4. The van der Waals surface area contributed by atoms with Crippen LogP contribution in [-0.4, -0.2) is 66.7 Å². The molecule has 170 valence electrons. The molecule has 1 aromatic rings. The van der Waals surface area contributed by atoms with E-state index in [1.807, 2.05) is 44.2 Å². The Balaban J connectivity index is 1.83. The van der Waals surface area contributed by atoms with Crippen molar-refractivity contribution in [2.45, 2.75) is 57.5 Å². The molecule has 0 spiro atoms. The van der Waals surface area contributed by atoms with E-state index in [1.165, 1.54) is 4.90 Å². The van der Waals surface area contributed by atoms with Gasteiger partial charge in [0.1, 0.15) is 12.1 Å². The molecule has 1 aromatic carbocycles. The molecule has 1 N–H and O–H groups in total. The Morgan fingerprint density at radius 1 is 1.19 bits per heavy atom. The first-order chi connectivity index (χ1) is 14.7. The number of hydrogen-bond donors (Lipinski definition) is 1. The quantitative estimate of drug-likeness (QED) is 0.581. The van der Waals surface area contributed by atoms with Crippen LogP contribution in [0, 0.1) is 0 Å². The Morgan fingerprint density at radius 3 is 2.48 bits per heavy atom. The van der Waals surface area contributed by atoms with Gasteiger partial charge in [-0.3, -0.25) is 14.5 Å². The van der Waals surface area contributed by atoms with Crippen molar-refractivity contribution >= 4 is 27.7 Å². The predicted molar refractivity (Wildman–Crippen MR) is 117 cm³/mol. The molecule has 0 saturated carbocycles. The van der Waals surface area contributed by atoms with Crippen molar-refractivity contribution in [1.29, 1.82) is 0 Å². The lowest BCUT2D eigenvalue weighted by Crippen LogP contribution is -2.49. The number of carbonyl (C=O) groups is 3. The minimum absolute atomic E-state index is 0.0580. The lowest BCUT2D eigenvalue weighted by Gasteiger charge is -2.30. The normalized spacial score (nSPS) is 25.0. The zero-order valence-corrected chi connectivity index (χ0v) is 19.0. The van der Waals surface area contributed by atoms with Gasteiger partial charge in [-0.1, -0.05) is 57.0 Å². The molecule has 0 aliphatic carbocycles. The molecule has 31 heavy (non-hydrogen) atoms. The van der Waals surface area contributed by atoms with Crippen LogP contribution in [0.4, 0.5) is 4.79 Å². The number of nitrogens with zero attached hydrogens (tertiary/aromatic N) is 2. The van der Waals surface area contributed by atoms with Crippen LogP contribution in [0.3, 0.4) is 0 Å². The topological polar surface area (TPSA) is 104 Å². The van der Waals surface area contributed by atoms with Crippen molar-refractivity contribution < 1.29 is 22.8 Å². The van der Waals surface area contributed by atoms with Crippen molar-refractivity contribution in [3.63, 3.8) is 0 Å². The molecule has 2 aliphatic rings. The van der Waals surface area contributed by atoms with Gasteiger partial charge in [-0.2, -0.15) is 0 Å². The molecule has 2 heterocycles. The van der Waals surface area contributed by atoms with Crippen LogP contribution < -0.4 is 5.32 Å². The molecule has 9 heteroatoms. The minimum Gasteiger partial charge on any atom is -0.337 e. The maximum Gasteiger partial charge on any atom is 0.325 e. The van der Waals surface area contributed by atoms with Crippen LogP contribution in [0.25, 0.3) is 0 Å². The predicted octanol–water partition coefficient (Wildman–Crippen LogP) is 2.05. The first-order valence-corrected chi connectivity index (χ1v) is 12.8. The molecule has 0 radical (unpaired) electrons. The fourth-order valence-corrected chi connectivity index (χ4v) is 6.17. The monoisotopic (exact) mass is 449 g/mol. The number of rotatable bonds is 9. The van der Waals surface area contributed by atoms with E-state index in [-0.39, 0.29) is 18.1 Å². The summed E-state index contributed by atoms with van der Waals surface area (Å²) in [6.45, 7) is 3.92. The summed E-state index contributed by atoms with van der Waals surface area (Å²) in [4.78, 5) is 41.9. The number of imide groups is 1. The fraction of sp³-hybridized carbons (Fsp3) is 0.591. The van der Waals surface area contributed by atoms with Gasteiger partial charge in [-0.15, -0.1) is 0 Å². The minimum atomic E-state index is -3.16. The van der Waals surface area contributed by atoms with Crippen molar-refractivity contribution in [2.24, 2.45) is 0 Å². The first kappa shape index (κ1) is 23.2. The van der Waals surface area contributed by atoms with E-state index in [2.05, 4.69) is 5.32 Å². The van der Waals surface area contributed by atoms with Gasteiger partial charge < -0.3 is 10.2 Å². The van der Waals surface area contributed by atoms with Gasteiger partial charge in [-0.05, 0) is 24.8 Å². The third-order valence-corrected chi connectivity index (χ3v) is 7.83. The highest BCUT2D eigenvalue weighted by Gasteiger charge is 2.52. The van der Waals surface area contributed by atoms with E-state index >= 15 is 0 Å². The maximum atomic E-state index is 13.5. The van der Waals surface area contributed by atoms with Crippen LogP contribution in [0.2, 0.25) is 0 Å². The molecule has 2 unspecified atom stereocenters. The molecule has 0 bridgehead atoms. The molecule has 8 nitrogen and oxygen atoms in total. The lowest BCUT2D eigenvalue weighted by molar-refractivity contribution is -0.140. The zero-order chi connectivity index (χ0) is 22.6.